The maximum absolute atomic E-state index is 12.3. The molecule has 104 valence electrons. The largest absolute Gasteiger partial charge is 0.343 e. The molecule has 1 N–H and O–H groups in total. The monoisotopic (exact) mass is 254 g/mol. The summed E-state index contributed by atoms with van der Waals surface area (Å²) in [5, 5.41) is 2.79. The highest BCUT2D eigenvalue weighted by molar-refractivity contribution is 5.96. The van der Waals surface area contributed by atoms with Crippen LogP contribution in [0, 0.1) is 0 Å². The van der Waals surface area contributed by atoms with Gasteiger partial charge in [-0.2, -0.15) is 0 Å². The Labute approximate surface area is 110 Å². The molecule has 0 spiro atoms. The van der Waals surface area contributed by atoms with Crippen molar-refractivity contribution in [1.29, 1.82) is 0 Å². The predicted octanol–water partition coefficient (Wildman–Crippen LogP) is 2.08. The Bertz CT molecular complexity index is 304. The summed E-state index contributed by atoms with van der Waals surface area (Å²) >= 11 is 0. The zero-order valence-corrected chi connectivity index (χ0v) is 12.0. The molecule has 0 bridgehead atoms. The average molecular weight is 254 g/mol. The number of carbonyl (C=O) groups excluding carboxylic acids is 2. The minimum absolute atomic E-state index is 0.0243. The van der Waals surface area contributed by atoms with Crippen LogP contribution >= 0.6 is 0 Å². The van der Waals surface area contributed by atoms with Gasteiger partial charge < -0.3 is 10.2 Å². The van der Waals surface area contributed by atoms with Crippen LogP contribution in [0.1, 0.15) is 59.8 Å². The van der Waals surface area contributed by atoms with Gasteiger partial charge in [-0.1, -0.05) is 33.1 Å². The number of hydrogen-bond donors (Lipinski definition) is 1. The van der Waals surface area contributed by atoms with Crippen LogP contribution in [-0.2, 0) is 9.59 Å². The first-order valence-corrected chi connectivity index (χ1v) is 7.15. The number of hydrogen-bond acceptors (Lipinski definition) is 2. The number of rotatable bonds is 6. The van der Waals surface area contributed by atoms with Crippen molar-refractivity contribution in [2.45, 2.75) is 77.9 Å². The molecule has 4 heteroatoms. The zero-order valence-electron chi connectivity index (χ0n) is 12.0. The third-order valence-electron chi connectivity index (χ3n) is 3.77. The van der Waals surface area contributed by atoms with Crippen molar-refractivity contribution in [2.24, 2.45) is 0 Å². The van der Waals surface area contributed by atoms with Gasteiger partial charge in [-0.3, -0.25) is 9.59 Å². The van der Waals surface area contributed by atoms with Crippen molar-refractivity contribution in [1.82, 2.24) is 10.2 Å². The molecular formula is C14H26N2O2. The molecule has 0 aliphatic carbocycles. The molecule has 1 rings (SSSR count). The molecule has 0 aromatic heterocycles. The van der Waals surface area contributed by atoms with E-state index in [0.29, 0.717) is 6.42 Å². The third-order valence-corrected chi connectivity index (χ3v) is 3.77. The standard InChI is InChI=1S/C14H26N2O2/c1-5-7-8-9-10(3)16-11(4)13(17)15-12(6-2)14(16)18/h10-12H,5-9H2,1-4H3,(H,15,17). The summed E-state index contributed by atoms with van der Waals surface area (Å²) in [7, 11) is 0. The van der Waals surface area contributed by atoms with E-state index in [4.69, 9.17) is 0 Å². The van der Waals surface area contributed by atoms with Crippen LogP contribution in [0.3, 0.4) is 0 Å². The highest BCUT2D eigenvalue weighted by atomic mass is 16.2. The fourth-order valence-electron chi connectivity index (χ4n) is 2.56. The van der Waals surface area contributed by atoms with Gasteiger partial charge in [0.25, 0.3) is 0 Å². The first-order chi connectivity index (χ1) is 8.52. The molecule has 0 radical (unpaired) electrons. The van der Waals surface area contributed by atoms with Gasteiger partial charge in [0.1, 0.15) is 12.1 Å². The van der Waals surface area contributed by atoms with Gasteiger partial charge in [0.2, 0.25) is 11.8 Å². The lowest BCUT2D eigenvalue weighted by molar-refractivity contribution is -0.151. The number of piperazine rings is 1. The number of unbranched alkanes of at least 4 members (excludes halogenated alkanes) is 2. The minimum Gasteiger partial charge on any atom is -0.343 e. The molecule has 18 heavy (non-hydrogen) atoms. The fraction of sp³-hybridized carbons (Fsp3) is 0.857. The molecule has 0 aromatic rings. The van der Waals surface area contributed by atoms with Crippen LogP contribution < -0.4 is 5.32 Å². The molecule has 3 atom stereocenters. The summed E-state index contributed by atoms with van der Waals surface area (Å²) in [4.78, 5) is 25.9. The summed E-state index contributed by atoms with van der Waals surface area (Å²) in [6.45, 7) is 7.96. The average Bonchev–Trinajstić information content (AvgIpc) is 2.34. The predicted molar refractivity (Wildman–Crippen MR) is 72.1 cm³/mol. The van der Waals surface area contributed by atoms with Gasteiger partial charge in [0.05, 0.1) is 0 Å². The van der Waals surface area contributed by atoms with Crippen molar-refractivity contribution in [3.8, 4) is 0 Å². The van der Waals surface area contributed by atoms with Crippen molar-refractivity contribution in [3.05, 3.63) is 0 Å². The van der Waals surface area contributed by atoms with E-state index in [2.05, 4.69) is 19.2 Å². The number of amides is 2. The Morgan fingerprint density at radius 3 is 2.50 bits per heavy atom. The first-order valence-electron chi connectivity index (χ1n) is 7.15. The zero-order chi connectivity index (χ0) is 13.7. The number of nitrogens with zero attached hydrogens (tertiary/aromatic N) is 1. The highest BCUT2D eigenvalue weighted by Gasteiger charge is 2.39. The van der Waals surface area contributed by atoms with E-state index in [9.17, 15) is 9.59 Å². The van der Waals surface area contributed by atoms with Crippen molar-refractivity contribution < 1.29 is 9.59 Å². The Kier molecular flexibility index (Phi) is 5.63. The van der Waals surface area contributed by atoms with Crippen LogP contribution in [0.5, 0.6) is 0 Å². The Balaban J connectivity index is 2.69. The van der Waals surface area contributed by atoms with Crippen LogP contribution in [0.15, 0.2) is 0 Å². The van der Waals surface area contributed by atoms with Crippen LogP contribution in [0.2, 0.25) is 0 Å². The van der Waals surface area contributed by atoms with Gasteiger partial charge in [-0.15, -0.1) is 0 Å². The maximum atomic E-state index is 12.3. The van der Waals surface area contributed by atoms with E-state index < -0.39 is 0 Å². The van der Waals surface area contributed by atoms with Gasteiger partial charge in [0, 0.05) is 6.04 Å². The van der Waals surface area contributed by atoms with E-state index in [1.165, 1.54) is 12.8 Å². The summed E-state index contributed by atoms with van der Waals surface area (Å²) in [5.74, 6) is 0.0531. The first kappa shape index (κ1) is 15.0. The smallest absolute Gasteiger partial charge is 0.246 e. The lowest BCUT2D eigenvalue weighted by atomic mass is 10.0. The van der Waals surface area contributed by atoms with E-state index in [1.807, 2.05) is 13.8 Å². The Hall–Kier alpha value is -1.06. The van der Waals surface area contributed by atoms with Crippen molar-refractivity contribution in [2.75, 3.05) is 0 Å². The molecule has 4 nitrogen and oxygen atoms in total. The molecule has 3 unspecified atom stereocenters. The molecule has 0 saturated carbocycles. The minimum atomic E-state index is -0.336. The molecule has 0 aromatic carbocycles. The summed E-state index contributed by atoms with van der Waals surface area (Å²) in [6.07, 6.45) is 5.12. The summed E-state index contributed by atoms with van der Waals surface area (Å²) < 4.78 is 0. The quantitative estimate of drug-likeness (QED) is 0.738. The normalized spacial score (nSPS) is 26.1. The van der Waals surface area contributed by atoms with Gasteiger partial charge in [-0.05, 0) is 26.7 Å². The second-order valence-electron chi connectivity index (χ2n) is 5.24. The maximum Gasteiger partial charge on any atom is 0.246 e. The summed E-state index contributed by atoms with van der Waals surface area (Å²) in [6, 6.07) is -0.515. The van der Waals surface area contributed by atoms with Crippen LogP contribution in [0.4, 0.5) is 0 Å². The molecular weight excluding hydrogens is 228 g/mol. The molecule has 1 saturated heterocycles. The van der Waals surface area contributed by atoms with E-state index >= 15 is 0 Å². The fourth-order valence-corrected chi connectivity index (χ4v) is 2.56. The Morgan fingerprint density at radius 2 is 1.94 bits per heavy atom. The lowest BCUT2D eigenvalue weighted by Gasteiger charge is -2.41. The van der Waals surface area contributed by atoms with E-state index in [0.717, 1.165) is 12.8 Å². The summed E-state index contributed by atoms with van der Waals surface area (Å²) in [5.41, 5.74) is 0. The molecule has 1 aliphatic rings. The second kappa shape index (κ2) is 6.76. The Morgan fingerprint density at radius 1 is 1.28 bits per heavy atom. The van der Waals surface area contributed by atoms with E-state index in [-0.39, 0.29) is 29.9 Å². The van der Waals surface area contributed by atoms with Gasteiger partial charge >= 0.3 is 0 Å². The molecule has 1 heterocycles. The second-order valence-corrected chi connectivity index (χ2v) is 5.24. The molecule has 2 amide bonds. The highest BCUT2D eigenvalue weighted by Crippen LogP contribution is 2.19. The molecule has 1 aliphatic heterocycles. The van der Waals surface area contributed by atoms with Crippen molar-refractivity contribution in [3.63, 3.8) is 0 Å². The van der Waals surface area contributed by atoms with E-state index in [1.54, 1.807) is 4.90 Å². The third kappa shape index (κ3) is 3.24. The number of nitrogens with one attached hydrogen (secondary N) is 1. The van der Waals surface area contributed by atoms with Crippen molar-refractivity contribution >= 4 is 11.8 Å². The number of carbonyl (C=O) groups is 2. The van der Waals surface area contributed by atoms with Gasteiger partial charge in [-0.25, -0.2) is 0 Å². The van der Waals surface area contributed by atoms with Crippen LogP contribution in [0.25, 0.3) is 0 Å². The van der Waals surface area contributed by atoms with Crippen LogP contribution in [-0.4, -0.2) is 34.8 Å². The molecule has 1 fully saturated rings. The lowest BCUT2D eigenvalue weighted by Crippen LogP contribution is -2.64. The SMILES string of the molecule is CCCCCC(C)N1C(=O)C(CC)NC(=O)C1C. The topological polar surface area (TPSA) is 49.4 Å². The van der Waals surface area contributed by atoms with Gasteiger partial charge in [0.15, 0.2) is 0 Å².